The van der Waals surface area contributed by atoms with Gasteiger partial charge in [-0.2, -0.15) is 0 Å². The first kappa shape index (κ1) is 15.7. The van der Waals surface area contributed by atoms with Crippen molar-refractivity contribution < 1.29 is 9.72 Å². The van der Waals surface area contributed by atoms with Crippen molar-refractivity contribution in [2.75, 3.05) is 0 Å². The third-order valence-corrected chi connectivity index (χ3v) is 3.55. The highest BCUT2D eigenvalue weighted by atomic mass is 16.6. The van der Waals surface area contributed by atoms with Gasteiger partial charge in [0.1, 0.15) is 0 Å². The summed E-state index contributed by atoms with van der Waals surface area (Å²) in [5, 5.41) is 13.6. The van der Waals surface area contributed by atoms with Gasteiger partial charge in [0.25, 0.3) is 11.6 Å². The van der Waals surface area contributed by atoms with Gasteiger partial charge in [0, 0.05) is 17.7 Å². The maximum atomic E-state index is 12.2. The zero-order valence-electron chi connectivity index (χ0n) is 12.6. The Morgan fingerprint density at radius 2 is 1.91 bits per heavy atom. The lowest BCUT2D eigenvalue weighted by molar-refractivity contribution is -0.384. The topological polar surface area (TPSA) is 72.2 Å². The Morgan fingerprint density at radius 1 is 1.23 bits per heavy atom. The number of nitro groups is 1. The fourth-order valence-electron chi connectivity index (χ4n) is 2.17. The summed E-state index contributed by atoms with van der Waals surface area (Å²) in [5.74, 6) is -0.323. The van der Waals surface area contributed by atoms with Gasteiger partial charge in [0.05, 0.1) is 11.0 Å². The monoisotopic (exact) mass is 298 g/mol. The molecule has 114 valence electrons. The van der Waals surface area contributed by atoms with E-state index in [2.05, 4.69) is 12.2 Å². The van der Waals surface area contributed by atoms with Crippen LogP contribution in [0.25, 0.3) is 0 Å². The molecule has 0 aromatic heterocycles. The summed E-state index contributed by atoms with van der Waals surface area (Å²) in [4.78, 5) is 22.4. The number of nitrogens with zero attached hydrogens (tertiary/aromatic N) is 1. The molecule has 0 heterocycles. The second-order valence-corrected chi connectivity index (χ2v) is 5.10. The van der Waals surface area contributed by atoms with E-state index in [0.717, 1.165) is 12.0 Å². The molecule has 5 nitrogen and oxygen atoms in total. The van der Waals surface area contributed by atoms with E-state index in [9.17, 15) is 14.9 Å². The molecule has 0 aliphatic carbocycles. The highest BCUT2D eigenvalue weighted by molar-refractivity contribution is 5.95. The average Bonchev–Trinajstić information content (AvgIpc) is 2.54. The molecule has 0 saturated heterocycles. The van der Waals surface area contributed by atoms with Crippen LogP contribution in [-0.4, -0.2) is 10.8 Å². The number of rotatable bonds is 5. The maximum Gasteiger partial charge on any atom is 0.270 e. The zero-order valence-corrected chi connectivity index (χ0v) is 12.6. The van der Waals surface area contributed by atoms with Crippen molar-refractivity contribution >= 4 is 11.6 Å². The molecule has 2 rings (SSSR count). The van der Waals surface area contributed by atoms with E-state index in [4.69, 9.17) is 0 Å². The largest absolute Gasteiger partial charge is 0.346 e. The van der Waals surface area contributed by atoms with Gasteiger partial charge in [-0.15, -0.1) is 0 Å². The Morgan fingerprint density at radius 3 is 2.50 bits per heavy atom. The summed E-state index contributed by atoms with van der Waals surface area (Å²) >= 11 is 0. The quantitative estimate of drug-likeness (QED) is 0.676. The van der Waals surface area contributed by atoms with E-state index in [1.54, 1.807) is 6.07 Å². The van der Waals surface area contributed by atoms with Crippen LogP contribution in [0.4, 0.5) is 5.69 Å². The highest BCUT2D eigenvalue weighted by Crippen LogP contribution is 2.17. The van der Waals surface area contributed by atoms with E-state index in [1.165, 1.54) is 23.8 Å². The van der Waals surface area contributed by atoms with E-state index in [0.29, 0.717) is 0 Å². The van der Waals surface area contributed by atoms with Crippen LogP contribution in [0.1, 0.15) is 41.4 Å². The number of aryl methyl sites for hydroxylation is 1. The lowest BCUT2D eigenvalue weighted by Gasteiger charge is -2.14. The van der Waals surface area contributed by atoms with Crippen molar-refractivity contribution in [3.05, 3.63) is 75.3 Å². The summed E-state index contributed by atoms with van der Waals surface area (Å²) < 4.78 is 0. The molecule has 1 atom stereocenters. The second kappa shape index (κ2) is 6.85. The average molecular weight is 298 g/mol. The van der Waals surface area contributed by atoms with Crippen LogP contribution in [0, 0.1) is 10.1 Å². The van der Waals surface area contributed by atoms with Crippen molar-refractivity contribution in [3.8, 4) is 0 Å². The number of nitrogens with one attached hydrogen (secondary N) is 1. The Balaban J connectivity index is 2.10. The number of hydrogen-bond donors (Lipinski definition) is 1. The van der Waals surface area contributed by atoms with Gasteiger partial charge in [-0.05, 0) is 30.5 Å². The number of benzene rings is 2. The Kier molecular flexibility index (Phi) is 4.88. The molecule has 0 aliphatic heterocycles. The van der Waals surface area contributed by atoms with Crippen LogP contribution >= 0.6 is 0 Å². The van der Waals surface area contributed by atoms with Crippen LogP contribution < -0.4 is 5.32 Å². The number of hydrogen-bond acceptors (Lipinski definition) is 3. The lowest BCUT2D eigenvalue weighted by Crippen LogP contribution is -2.26. The number of carbonyl (C=O) groups excluding carboxylic acids is 1. The van der Waals surface area contributed by atoms with Crippen molar-refractivity contribution in [3.63, 3.8) is 0 Å². The zero-order chi connectivity index (χ0) is 16.1. The minimum atomic E-state index is -0.510. The number of carbonyl (C=O) groups is 1. The van der Waals surface area contributed by atoms with Gasteiger partial charge >= 0.3 is 0 Å². The Bertz CT molecular complexity index is 681. The summed E-state index contributed by atoms with van der Waals surface area (Å²) in [6.07, 6.45) is 0.967. The smallest absolute Gasteiger partial charge is 0.270 e. The SMILES string of the molecule is CCc1ccc(C(C)NC(=O)c2cccc([N+](=O)[O-])c2)cc1. The summed E-state index contributed by atoms with van der Waals surface area (Å²) in [6.45, 7) is 3.97. The lowest BCUT2D eigenvalue weighted by atomic mass is 10.0. The maximum absolute atomic E-state index is 12.2. The van der Waals surface area contributed by atoms with Gasteiger partial charge in [-0.3, -0.25) is 14.9 Å². The molecule has 1 amide bonds. The third-order valence-electron chi connectivity index (χ3n) is 3.55. The first-order chi connectivity index (χ1) is 10.5. The van der Waals surface area contributed by atoms with Crippen molar-refractivity contribution in [1.82, 2.24) is 5.32 Å². The van der Waals surface area contributed by atoms with Crippen LogP contribution in [0.15, 0.2) is 48.5 Å². The molecule has 2 aromatic carbocycles. The minimum Gasteiger partial charge on any atom is -0.346 e. The third kappa shape index (κ3) is 3.69. The Labute approximate surface area is 129 Å². The summed E-state index contributed by atoms with van der Waals surface area (Å²) in [7, 11) is 0. The molecule has 1 unspecified atom stereocenters. The van der Waals surface area contributed by atoms with Crippen molar-refractivity contribution in [2.24, 2.45) is 0 Å². The Hall–Kier alpha value is -2.69. The molecule has 2 aromatic rings. The van der Waals surface area contributed by atoms with Crippen molar-refractivity contribution in [1.29, 1.82) is 0 Å². The summed E-state index contributed by atoms with van der Waals surface area (Å²) in [6, 6.07) is 13.6. The fourth-order valence-corrected chi connectivity index (χ4v) is 2.17. The van der Waals surface area contributed by atoms with Crippen LogP contribution in [0.3, 0.4) is 0 Å². The van der Waals surface area contributed by atoms with Gasteiger partial charge in [0.2, 0.25) is 0 Å². The number of nitro benzene ring substituents is 1. The van der Waals surface area contributed by atoms with Gasteiger partial charge in [-0.25, -0.2) is 0 Å². The first-order valence-corrected chi connectivity index (χ1v) is 7.15. The van der Waals surface area contributed by atoms with Gasteiger partial charge in [0.15, 0.2) is 0 Å². The van der Waals surface area contributed by atoms with E-state index in [-0.39, 0.29) is 23.2 Å². The van der Waals surface area contributed by atoms with Crippen molar-refractivity contribution in [2.45, 2.75) is 26.3 Å². The van der Waals surface area contributed by atoms with Crippen LogP contribution in [0.2, 0.25) is 0 Å². The minimum absolute atomic E-state index is 0.0902. The van der Waals surface area contributed by atoms with Crippen LogP contribution in [0.5, 0.6) is 0 Å². The first-order valence-electron chi connectivity index (χ1n) is 7.15. The molecule has 0 bridgehead atoms. The molecular weight excluding hydrogens is 280 g/mol. The normalized spacial score (nSPS) is 11.7. The predicted octanol–water partition coefficient (Wildman–Crippen LogP) is 3.65. The molecule has 5 heteroatoms. The van der Waals surface area contributed by atoms with Crippen LogP contribution in [-0.2, 0) is 6.42 Å². The molecular formula is C17H18N2O3. The van der Waals surface area contributed by atoms with E-state index in [1.807, 2.05) is 31.2 Å². The molecule has 22 heavy (non-hydrogen) atoms. The molecule has 0 fully saturated rings. The van der Waals surface area contributed by atoms with Gasteiger partial charge in [-0.1, -0.05) is 37.3 Å². The second-order valence-electron chi connectivity index (χ2n) is 5.10. The fraction of sp³-hybridized carbons (Fsp3) is 0.235. The molecule has 1 N–H and O–H groups in total. The number of non-ortho nitro benzene ring substituents is 1. The van der Waals surface area contributed by atoms with E-state index >= 15 is 0 Å². The van der Waals surface area contributed by atoms with E-state index < -0.39 is 4.92 Å². The molecule has 0 spiro atoms. The predicted molar refractivity (Wildman–Crippen MR) is 84.8 cm³/mol. The highest BCUT2D eigenvalue weighted by Gasteiger charge is 2.14. The molecule has 0 radical (unpaired) electrons. The standard InChI is InChI=1S/C17H18N2O3/c1-3-13-7-9-14(10-8-13)12(2)18-17(20)15-5-4-6-16(11-15)19(21)22/h4-12H,3H2,1-2H3,(H,18,20). The molecule has 0 aliphatic rings. The summed E-state index contributed by atoms with van der Waals surface area (Å²) in [5.41, 5.74) is 2.43. The number of amides is 1. The molecule has 0 saturated carbocycles. The van der Waals surface area contributed by atoms with Gasteiger partial charge < -0.3 is 5.32 Å².